The summed E-state index contributed by atoms with van der Waals surface area (Å²) in [6.45, 7) is 6.60. The lowest BCUT2D eigenvalue weighted by Gasteiger charge is -2.06. The summed E-state index contributed by atoms with van der Waals surface area (Å²) < 4.78 is 10.7. The summed E-state index contributed by atoms with van der Waals surface area (Å²) in [7, 11) is 0. The van der Waals surface area contributed by atoms with Gasteiger partial charge in [-0.2, -0.15) is 0 Å². The Morgan fingerprint density at radius 2 is 1.88 bits per heavy atom. The predicted octanol–water partition coefficient (Wildman–Crippen LogP) is 4.02. The highest BCUT2D eigenvalue weighted by molar-refractivity contribution is 5.94. The maximum atomic E-state index is 12.3. The molecule has 3 rings (SSSR count). The highest BCUT2D eigenvalue weighted by Gasteiger charge is 2.13. The Hall–Kier alpha value is -2.82. The van der Waals surface area contributed by atoms with Crippen LogP contribution in [-0.2, 0) is 11.2 Å². The zero-order valence-electron chi connectivity index (χ0n) is 14.1. The first kappa shape index (κ1) is 16.1. The van der Waals surface area contributed by atoms with Gasteiger partial charge in [-0.25, -0.2) is 0 Å². The molecule has 1 heterocycles. The van der Waals surface area contributed by atoms with Gasteiger partial charge in [-0.15, -0.1) is 0 Å². The second-order valence-corrected chi connectivity index (χ2v) is 5.74. The van der Waals surface area contributed by atoms with Crippen molar-refractivity contribution in [2.45, 2.75) is 27.2 Å². The second kappa shape index (κ2) is 6.74. The fourth-order valence-electron chi connectivity index (χ4n) is 2.53. The number of aromatic nitrogens is 1. The standard InChI is InChI=1S/C19H20N2O3/c1-4-23-15-7-5-14(6-8-15)20-19(22)11-17-16-9-12(2)13(3)10-18(16)24-21-17/h5-10H,4,11H2,1-3H3,(H,20,22). The van der Waals surface area contributed by atoms with E-state index >= 15 is 0 Å². The number of carbonyl (C=O) groups is 1. The Balaban J connectivity index is 1.72. The number of benzene rings is 2. The molecule has 0 spiro atoms. The number of ether oxygens (including phenoxy) is 1. The fraction of sp³-hybridized carbons (Fsp3) is 0.263. The van der Waals surface area contributed by atoms with Crippen LogP contribution in [-0.4, -0.2) is 17.7 Å². The molecule has 3 aromatic rings. The van der Waals surface area contributed by atoms with Gasteiger partial charge in [0.05, 0.1) is 13.0 Å². The zero-order chi connectivity index (χ0) is 17.1. The van der Waals surface area contributed by atoms with E-state index in [9.17, 15) is 4.79 Å². The third-order valence-corrected chi connectivity index (χ3v) is 3.94. The van der Waals surface area contributed by atoms with Gasteiger partial charge in [-0.1, -0.05) is 5.16 Å². The van der Waals surface area contributed by atoms with Gasteiger partial charge in [0.25, 0.3) is 0 Å². The average molecular weight is 324 g/mol. The van der Waals surface area contributed by atoms with Crippen LogP contribution in [0, 0.1) is 13.8 Å². The van der Waals surface area contributed by atoms with E-state index in [1.54, 1.807) is 0 Å². The molecule has 24 heavy (non-hydrogen) atoms. The molecule has 0 radical (unpaired) electrons. The summed E-state index contributed by atoms with van der Waals surface area (Å²) in [6, 6.07) is 11.3. The van der Waals surface area contributed by atoms with Crippen LogP contribution in [0.15, 0.2) is 40.9 Å². The van der Waals surface area contributed by atoms with Crippen LogP contribution in [0.3, 0.4) is 0 Å². The van der Waals surface area contributed by atoms with Crippen molar-refractivity contribution in [2.75, 3.05) is 11.9 Å². The van der Waals surface area contributed by atoms with E-state index in [1.165, 1.54) is 0 Å². The number of fused-ring (bicyclic) bond motifs is 1. The first-order valence-electron chi connectivity index (χ1n) is 7.95. The van der Waals surface area contributed by atoms with Crippen LogP contribution in [0.1, 0.15) is 23.7 Å². The molecule has 0 unspecified atom stereocenters. The molecule has 5 nitrogen and oxygen atoms in total. The average Bonchev–Trinajstić information content (AvgIpc) is 2.92. The molecular formula is C19H20N2O3. The molecule has 0 saturated heterocycles. The van der Waals surface area contributed by atoms with Gasteiger partial charge >= 0.3 is 0 Å². The molecule has 1 amide bonds. The van der Waals surface area contributed by atoms with E-state index in [0.29, 0.717) is 17.9 Å². The molecule has 0 aliphatic rings. The highest BCUT2D eigenvalue weighted by Crippen LogP contribution is 2.23. The Morgan fingerprint density at radius 1 is 1.17 bits per heavy atom. The third kappa shape index (κ3) is 3.40. The molecule has 2 aromatic carbocycles. The molecule has 0 bridgehead atoms. The summed E-state index contributed by atoms with van der Waals surface area (Å²) in [5.74, 6) is 0.649. The molecule has 5 heteroatoms. The van der Waals surface area contributed by atoms with Crippen molar-refractivity contribution in [3.05, 3.63) is 53.2 Å². The quantitative estimate of drug-likeness (QED) is 0.770. The van der Waals surface area contributed by atoms with Gasteiger partial charge in [0.15, 0.2) is 5.58 Å². The molecule has 0 atom stereocenters. The van der Waals surface area contributed by atoms with Gasteiger partial charge in [0, 0.05) is 11.1 Å². The van der Waals surface area contributed by atoms with Crippen molar-refractivity contribution in [3.63, 3.8) is 0 Å². The predicted molar refractivity (Wildman–Crippen MR) is 93.4 cm³/mol. The van der Waals surface area contributed by atoms with E-state index in [2.05, 4.69) is 10.5 Å². The van der Waals surface area contributed by atoms with Gasteiger partial charge in [0.2, 0.25) is 5.91 Å². The van der Waals surface area contributed by atoms with Gasteiger partial charge in [-0.05, 0) is 68.3 Å². The Kier molecular flexibility index (Phi) is 4.51. The monoisotopic (exact) mass is 324 g/mol. The van der Waals surface area contributed by atoms with Gasteiger partial charge < -0.3 is 14.6 Å². The smallest absolute Gasteiger partial charge is 0.230 e. The Bertz CT molecular complexity index is 866. The number of rotatable bonds is 5. The molecule has 0 aliphatic heterocycles. The Morgan fingerprint density at radius 3 is 2.58 bits per heavy atom. The number of aryl methyl sites for hydroxylation is 2. The van der Waals surface area contributed by atoms with Crippen molar-refractivity contribution >= 4 is 22.6 Å². The normalized spacial score (nSPS) is 10.8. The van der Waals surface area contributed by atoms with Crippen LogP contribution in [0.25, 0.3) is 11.0 Å². The molecular weight excluding hydrogens is 304 g/mol. The lowest BCUT2D eigenvalue weighted by molar-refractivity contribution is -0.115. The van der Waals surface area contributed by atoms with Gasteiger partial charge in [0.1, 0.15) is 11.4 Å². The zero-order valence-corrected chi connectivity index (χ0v) is 14.1. The van der Waals surface area contributed by atoms with Crippen LogP contribution < -0.4 is 10.1 Å². The van der Waals surface area contributed by atoms with Crippen LogP contribution in [0.2, 0.25) is 0 Å². The first-order valence-corrected chi connectivity index (χ1v) is 7.95. The first-order chi connectivity index (χ1) is 11.6. The lowest BCUT2D eigenvalue weighted by atomic mass is 10.1. The number of anilines is 1. The fourth-order valence-corrected chi connectivity index (χ4v) is 2.53. The van der Waals surface area contributed by atoms with Crippen molar-refractivity contribution < 1.29 is 14.1 Å². The summed E-state index contributed by atoms with van der Waals surface area (Å²) in [5, 5.41) is 7.79. The topological polar surface area (TPSA) is 64.4 Å². The Labute approximate surface area is 140 Å². The minimum atomic E-state index is -0.132. The summed E-state index contributed by atoms with van der Waals surface area (Å²) in [4.78, 5) is 12.3. The van der Waals surface area contributed by atoms with Crippen LogP contribution >= 0.6 is 0 Å². The largest absolute Gasteiger partial charge is 0.494 e. The van der Waals surface area contributed by atoms with Crippen molar-refractivity contribution in [3.8, 4) is 5.75 Å². The molecule has 124 valence electrons. The molecule has 0 saturated carbocycles. The maximum absolute atomic E-state index is 12.3. The van der Waals surface area contributed by atoms with E-state index in [0.717, 1.165) is 28.0 Å². The summed E-state index contributed by atoms with van der Waals surface area (Å²) in [6.07, 6.45) is 0.169. The third-order valence-electron chi connectivity index (χ3n) is 3.94. The van der Waals surface area contributed by atoms with Crippen LogP contribution in [0.4, 0.5) is 5.69 Å². The minimum Gasteiger partial charge on any atom is -0.494 e. The molecule has 1 N–H and O–H groups in total. The van der Waals surface area contributed by atoms with E-state index in [-0.39, 0.29) is 12.3 Å². The number of amides is 1. The second-order valence-electron chi connectivity index (χ2n) is 5.74. The van der Waals surface area contributed by atoms with Crippen molar-refractivity contribution in [1.29, 1.82) is 0 Å². The minimum absolute atomic E-state index is 0.132. The van der Waals surface area contributed by atoms with Gasteiger partial charge in [-0.3, -0.25) is 4.79 Å². The lowest BCUT2D eigenvalue weighted by Crippen LogP contribution is -2.14. The van der Waals surface area contributed by atoms with Crippen LogP contribution in [0.5, 0.6) is 5.75 Å². The van der Waals surface area contributed by atoms with E-state index in [4.69, 9.17) is 9.26 Å². The maximum Gasteiger partial charge on any atom is 0.230 e. The molecule has 1 aromatic heterocycles. The number of hydrogen-bond donors (Lipinski definition) is 1. The summed E-state index contributed by atoms with van der Waals surface area (Å²) >= 11 is 0. The van der Waals surface area contributed by atoms with E-state index < -0.39 is 0 Å². The number of carbonyl (C=O) groups excluding carboxylic acids is 1. The van der Waals surface area contributed by atoms with Crippen molar-refractivity contribution in [2.24, 2.45) is 0 Å². The highest BCUT2D eigenvalue weighted by atomic mass is 16.5. The molecule has 0 fully saturated rings. The number of nitrogens with zero attached hydrogens (tertiary/aromatic N) is 1. The number of nitrogens with one attached hydrogen (secondary N) is 1. The summed E-state index contributed by atoms with van der Waals surface area (Å²) in [5.41, 5.74) is 4.38. The number of hydrogen-bond acceptors (Lipinski definition) is 4. The van der Waals surface area contributed by atoms with E-state index in [1.807, 2.05) is 57.2 Å². The molecule has 0 aliphatic carbocycles. The SMILES string of the molecule is CCOc1ccc(NC(=O)Cc2noc3cc(C)c(C)cc23)cc1. The van der Waals surface area contributed by atoms with Crippen molar-refractivity contribution in [1.82, 2.24) is 5.16 Å².